The molecule has 5 heteroatoms. The van der Waals surface area contributed by atoms with Gasteiger partial charge in [-0.25, -0.2) is 0 Å². The van der Waals surface area contributed by atoms with E-state index < -0.39 is 0 Å². The number of ether oxygens (including phenoxy) is 1. The summed E-state index contributed by atoms with van der Waals surface area (Å²) in [4.78, 5) is 23.0. The Hall–Kier alpha value is -1.10. The summed E-state index contributed by atoms with van der Waals surface area (Å²) >= 11 is 0. The molecule has 0 unspecified atom stereocenters. The Balaban J connectivity index is 1.63. The SMILES string of the molecule is O=C(CNC(=O)C1CCOCC1)NC1CC1. The van der Waals surface area contributed by atoms with Gasteiger partial charge in [0, 0.05) is 25.2 Å². The van der Waals surface area contributed by atoms with Crippen molar-refractivity contribution in [3.8, 4) is 0 Å². The molecule has 0 atom stereocenters. The van der Waals surface area contributed by atoms with E-state index in [0.29, 0.717) is 19.3 Å². The van der Waals surface area contributed by atoms with Crippen molar-refractivity contribution in [2.75, 3.05) is 19.8 Å². The molecule has 2 rings (SSSR count). The highest BCUT2D eigenvalue weighted by atomic mass is 16.5. The Bertz CT molecular complexity index is 270. The van der Waals surface area contributed by atoms with Crippen LogP contribution in [-0.4, -0.2) is 37.6 Å². The molecule has 0 aromatic rings. The largest absolute Gasteiger partial charge is 0.381 e. The fourth-order valence-corrected chi connectivity index (χ4v) is 1.78. The summed E-state index contributed by atoms with van der Waals surface area (Å²) in [7, 11) is 0. The molecule has 1 aliphatic heterocycles. The zero-order valence-electron chi connectivity index (χ0n) is 9.33. The Morgan fingerprint density at radius 2 is 1.81 bits per heavy atom. The van der Waals surface area contributed by atoms with Gasteiger partial charge in [0.1, 0.15) is 0 Å². The number of nitrogens with one attached hydrogen (secondary N) is 2. The molecule has 0 radical (unpaired) electrons. The Morgan fingerprint density at radius 1 is 1.12 bits per heavy atom. The molecule has 0 spiro atoms. The quantitative estimate of drug-likeness (QED) is 0.698. The topological polar surface area (TPSA) is 67.4 Å². The van der Waals surface area contributed by atoms with Crippen LogP contribution in [0.5, 0.6) is 0 Å². The third-order valence-corrected chi connectivity index (χ3v) is 2.96. The van der Waals surface area contributed by atoms with Gasteiger partial charge in [-0.3, -0.25) is 9.59 Å². The van der Waals surface area contributed by atoms with Crippen LogP contribution in [-0.2, 0) is 14.3 Å². The van der Waals surface area contributed by atoms with Crippen LogP contribution in [0.4, 0.5) is 0 Å². The van der Waals surface area contributed by atoms with E-state index in [1.807, 2.05) is 0 Å². The lowest BCUT2D eigenvalue weighted by Gasteiger charge is -2.21. The standard InChI is InChI=1S/C11H18N2O3/c14-10(13-9-1-2-9)7-12-11(15)8-3-5-16-6-4-8/h8-9H,1-7H2,(H,12,15)(H,13,14). The van der Waals surface area contributed by atoms with Gasteiger partial charge in [-0.1, -0.05) is 0 Å². The second-order valence-electron chi connectivity index (χ2n) is 4.45. The normalized spacial score (nSPS) is 21.5. The Morgan fingerprint density at radius 3 is 2.44 bits per heavy atom. The second kappa shape index (κ2) is 5.30. The average molecular weight is 226 g/mol. The maximum atomic E-state index is 11.7. The molecule has 2 fully saturated rings. The number of hydrogen-bond donors (Lipinski definition) is 2. The van der Waals surface area contributed by atoms with Crippen LogP contribution in [0.3, 0.4) is 0 Å². The number of carbonyl (C=O) groups excluding carboxylic acids is 2. The molecule has 2 N–H and O–H groups in total. The van der Waals surface area contributed by atoms with E-state index in [1.54, 1.807) is 0 Å². The van der Waals surface area contributed by atoms with Gasteiger partial charge in [0.05, 0.1) is 6.54 Å². The number of rotatable bonds is 4. The van der Waals surface area contributed by atoms with Gasteiger partial charge in [-0.15, -0.1) is 0 Å². The highest BCUT2D eigenvalue weighted by Crippen LogP contribution is 2.18. The van der Waals surface area contributed by atoms with Crippen LogP contribution in [0, 0.1) is 5.92 Å². The van der Waals surface area contributed by atoms with Crippen LogP contribution in [0.1, 0.15) is 25.7 Å². The van der Waals surface area contributed by atoms with Crippen molar-refractivity contribution in [3.05, 3.63) is 0 Å². The molecule has 0 aromatic carbocycles. The van der Waals surface area contributed by atoms with Gasteiger partial charge in [0.2, 0.25) is 11.8 Å². The summed E-state index contributed by atoms with van der Waals surface area (Å²) < 4.78 is 5.18. The Labute approximate surface area is 94.9 Å². The molecule has 5 nitrogen and oxygen atoms in total. The van der Waals surface area contributed by atoms with E-state index in [9.17, 15) is 9.59 Å². The van der Waals surface area contributed by atoms with E-state index in [2.05, 4.69) is 10.6 Å². The smallest absolute Gasteiger partial charge is 0.239 e. The third kappa shape index (κ3) is 3.48. The van der Waals surface area contributed by atoms with Crippen LogP contribution in [0.25, 0.3) is 0 Å². The van der Waals surface area contributed by atoms with Crippen LogP contribution < -0.4 is 10.6 Å². The fourth-order valence-electron chi connectivity index (χ4n) is 1.78. The summed E-state index contributed by atoms with van der Waals surface area (Å²) in [6, 6.07) is 0.354. The number of hydrogen-bond acceptors (Lipinski definition) is 3. The van der Waals surface area contributed by atoms with Crippen LogP contribution >= 0.6 is 0 Å². The monoisotopic (exact) mass is 226 g/mol. The first-order valence-electron chi connectivity index (χ1n) is 5.90. The minimum atomic E-state index is -0.0806. The van der Waals surface area contributed by atoms with E-state index in [-0.39, 0.29) is 24.3 Å². The minimum Gasteiger partial charge on any atom is -0.381 e. The maximum absolute atomic E-state index is 11.7. The van der Waals surface area contributed by atoms with Crippen molar-refractivity contribution >= 4 is 11.8 Å². The fraction of sp³-hybridized carbons (Fsp3) is 0.818. The Kier molecular flexibility index (Phi) is 3.77. The molecular formula is C11H18N2O3. The van der Waals surface area contributed by atoms with Gasteiger partial charge < -0.3 is 15.4 Å². The molecule has 1 heterocycles. The lowest BCUT2D eigenvalue weighted by molar-refractivity contribution is -0.130. The highest BCUT2D eigenvalue weighted by Gasteiger charge is 2.24. The van der Waals surface area contributed by atoms with Gasteiger partial charge in [0.25, 0.3) is 0 Å². The van der Waals surface area contributed by atoms with Gasteiger partial charge in [-0.05, 0) is 25.7 Å². The summed E-state index contributed by atoms with van der Waals surface area (Å²) in [5.74, 6) is -0.0837. The lowest BCUT2D eigenvalue weighted by atomic mass is 9.99. The summed E-state index contributed by atoms with van der Waals surface area (Å²) in [5, 5.41) is 5.51. The molecule has 90 valence electrons. The van der Waals surface area contributed by atoms with E-state index in [0.717, 1.165) is 25.7 Å². The van der Waals surface area contributed by atoms with Crippen molar-refractivity contribution in [1.82, 2.24) is 10.6 Å². The van der Waals surface area contributed by atoms with Gasteiger partial charge >= 0.3 is 0 Å². The molecule has 0 bridgehead atoms. The summed E-state index contributed by atoms with van der Waals surface area (Å²) in [5.41, 5.74) is 0. The zero-order valence-corrected chi connectivity index (χ0v) is 9.33. The van der Waals surface area contributed by atoms with E-state index in [4.69, 9.17) is 4.74 Å². The first-order chi connectivity index (χ1) is 7.75. The van der Waals surface area contributed by atoms with Crippen molar-refractivity contribution < 1.29 is 14.3 Å². The highest BCUT2D eigenvalue weighted by molar-refractivity contribution is 5.86. The lowest BCUT2D eigenvalue weighted by Crippen LogP contribution is -2.41. The molecule has 1 saturated heterocycles. The average Bonchev–Trinajstić information content (AvgIpc) is 3.11. The van der Waals surface area contributed by atoms with Crippen LogP contribution in [0.15, 0.2) is 0 Å². The summed E-state index contributed by atoms with van der Waals surface area (Å²) in [6.45, 7) is 1.39. The van der Waals surface area contributed by atoms with Crippen molar-refractivity contribution in [3.63, 3.8) is 0 Å². The first kappa shape index (κ1) is 11.4. The number of carbonyl (C=O) groups is 2. The third-order valence-electron chi connectivity index (χ3n) is 2.96. The van der Waals surface area contributed by atoms with Gasteiger partial charge in [-0.2, -0.15) is 0 Å². The van der Waals surface area contributed by atoms with E-state index >= 15 is 0 Å². The molecule has 1 aliphatic carbocycles. The van der Waals surface area contributed by atoms with Gasteiger partial charge in [0.15, 0.2) is 0 Å². The number of amides is 2. The second-order valence-corrected chi connectivity index (χ2v) is 4.45. The van der Waals surface area contributed by atoms with Crippen molar-refractivity contribution in [2.24, 2.45) is 5.92 Å². The molecule has 16 heavy (non-hydrogen) atoms. The van der Waals surface area contributed by atoms with E-state index in [1.165, 1.54) is 0 Å². The molecular weight excluding hydrogens is 208 g/mol. The summed E-state index contributed by atoms with van der Waals surface area (Å²) in [6.07, 6.45) is 3.66. The molecule has 0 aromatic heterocycles. The zero-order chi connectivity index (χ0) is 11.4. The first-order valence-corrected chi connectivity index (χ1v) is 5.90. The van der Waals surface area contributed by atoms with Crippen molar-refractivity contribution in [2.45, 2.75) is 31.7 Å². The predicted molar refractivity (Wildman–Crippen MR) is 57.7 cm³/mol. The van der Waals surface area contributed by atoms with Crippen molar-refractivity contribution in [1.29, 1.82) is 0 Å². The predicted octanol–water partition coefficient (Wildman–Crippen LogP) is -0.192. The maximum Gasteiger partial charge on any atom is 0.239 e. The van der Waals surface area contributed by atoms with Crippen LogP contribution in [0.2, 0.25) is 0 Å². The minimum absolute atomic E-state index is 0.0162. The molecule has 1 saturated carbocycles. The molecule has 2 amide bonds. The molecule has 2 aliphatic rings.